The molecule has 1 aromatic heterocycles. The highest BCUT2D eigenvalue weighted by molar-refractivity contribution is 7.71. The van der Waals surface area contributed by atoms with Gasteiger partial charge in [0.25, 0.3) is 0 Å². The smallest absolute Gasteiger partial charge is 0.215 e. The molecule has 0 radical (unpaired) electrons. The summed E-state index contributed by atoms with van der Waals surface area (Å²) in [4.78, 5) is 3.97. The molecule has 0 saturated carbocycles. The molecule has 0 fully saturated rings. The van der Waals surface area contributed by atoms with Gasteiger partial charge in [-0.2, -0.15) is 0 Å². The molecule has 18 heavy (non-hydrogen) atoms. The van der Waals surface area contributed by atoms with E-state index < -0.39 is 0 Å². The van der Waals surface area contributed by atoms with Crippen molar-refractivity contribution in [1.29, 1.82) is 0 Å². The van der Waals surface area contributed by atoms with Crippen molar-refractivity contribution < 1.29 is 0 Å². The molecule has 98 valence electrons. The molecule has 0 aliphatic heterocycles. The Bertz CT molecular complexity index is 577. The van der Waals surface area contributed by atoms with Crippen LogP contribution < -0.4 is 0 Å². The number of aromatic nitrogens is 3. The third kappa shape index (κ3) is 3.34. The van der Waals surface area contributed by atoms with Crippen molar-refractivity contribution in [1.82, 2.24) is 14.8 Å². The van der Waals surface area contributed by atoms with Gasteiger partial charge in [0.1, 0.15) is 6.33 Å². The third-order valence-electron chi connectivity index (χ3n) is 2.57. The van der Waals surface area contributed by atoms with E-state index in [1.165, 1.54) is 0 Å². The largest absolute Gasteiger partial charge is 0.286 e. The van der Waals surface area contributed by atoms with Gasteiger partial charge in [0.05, 0.1) is 0 Å². The summed E-state index contributed by atoms with van der Waals surface area (Å²) in [7, 11) is 0. The molecule has 1 N–H and O–H groups in total. The van der Waals surface area contributed by atoms with Crippen molar-refractivity contribution in [2.24, 2.45) is 0 Å². The Balaban J connectivity index is 0.00000162. The van der Waals surface area contributed by atoms with Crippen LogP contribution >= 0.6 is 35.4 Å². The van der Waals surface area contributed by atoms with Crippen LogP contribution in [0, 0.1) is 4.77 Å². The average molecular weight is 304 g/mol. The maximum absolute atomic E-state index is 6.16. The molecular weight excluding hydrogens is 289 g/mol. The molecule has 0 aliphatic rings. The van der Waals surface area contributed by atoms with E-state index in [9.17, 15) is 0 Å². The van der Waals surface area contributed by atoms with Crippen molar-refractivity contribution in [2.75, 3.05) is 0 Å². The monoisotopic (exact) mass is 303 g/mol. The molecule has 0 spiro atoms. The predicted octanol–water partition coefficient (Wildman–Crippen LogP) is 4.69. The SMILES string of the molecule is C.CC(Cn1[nH]cnc1=S)c1ccc(Cl)cc1Cl. The first-order valence-electron chi connectivity index (χ1n) is 5.13. The number of hydrogen-bond acceptors (Lipinski definition) is 2. The normalized spacial score (nSPS) is 11.9. The molecule has 1 unspecified atom stereocenters. The summed E-state index contributed by atoms with van der Waals surface area (Å²) in [6.45, 7) is 2.79. The summed E-state index contributed by atoms with van der Waals surface area (Å²) in [5, 5.41) is 4.29. The summed E-state index contributed by atoms with van der Waals surface area (Å²) in [6, 6.07) is 5.53. The van der Waals surface area contributed by atoms with Gasteiger partial charge in [0, 0.05) is 22.5 Å². The van der Waals surface area contributed by atoms with Crippen LogP contribution in [0.3, 0.4) is 0 Å². The Kier molecular flexibility index (Phi) is 5.38. The zero-order valence-electron chi connectivity index (χ0n) is 9.15. The Morgan fingerprint density at radius 1 is 1.44 bits per heavy atom. The Morgan fingerprint density at radius 2 is 2.17 bits per heavy atom. The summed E-state index contributed by atoms with van der Waals surface area (Å²) < 4.78 is 2.35. The van der Waals surface area contributed by atoms with Gasteiger partial charge in [-0.05, 0) is 29.9 Å². The second-order valence-corrected chi connectivity index (χ2v) is 5.06. The van der Waals surface area contributed by atoms with E-state index in [4.69, 9.17) is 35.4 Å². The molecule has 0 amide bonds. The van der Waals surface area contributed by atoms with E-state index in [0.717, 1.165) is 5.56 Å². The van der Waals surface area contributed by atoms with Crippen LogP contribution in [0.25, 0.3) is 0 Å². The van der Waals surface area contributed by atoms with Gasteiger partial charge in [-0.3, -0.25) is 9.78 Å². The number of aromatic amines is 1. The molecule has 1 aromatic carbocycles. The van der Waals surface area contributed by atoms with Crippen molar-refractivity contribution in [3.63, 3.8) is 0 Å². The number of nitrogens with zero attached hydrogens (tertiary/aromatic N) is 2. The molecular formula is C12H15Cl2N3S. The lowest BCUT2D eigenvalue weighted by Crippen LogP contribution is -2.08. The highest BCUT2D eigenvalue weighted by Crippen LogP contribution is 2.28. The maximum Gasteiger partial charge on any atom is 0.215 e. The number of nitrogens with one attached hydrogen (secondary N) is 1. The van der Waals surface area contributed by atoms with Crippen molar-refractivity contribution in [2.45, 2.75) is 26.8 Å². The van der Waals surface area contributed by atoms with Gasteiger partial charge in [-0.25, -0.2) is 4.98 Å². The van der Waals surface area contributed by atoms with Crippen molar-refractivity contribution in [3.8, 4) is 0 Å². The highest BCUT2D eigenvalue weighted by atomic mass is 35.5. The van der Waals surface area contributed by atoms with E-state index >= 15 is 0 Å². The van der Waals surface area contributed by atoms with E-state index in [-0.39, 0.29) is 13.3 Å². The lowest BCUT2D eigenvalue weighted by atomic mass is 10.0. The zero-order chi connectivity index (χ0) is 12.4. The van der Waals surface area contributed by atoms with Crippen LogP contribution in [0.5, 0.6) is 0 Å². The summed E-state index contributed by atoms with van der Waals surface area (Å²) in [5.41, 5.74) is 1.05. The molecule has 0 bridgehead atoms. The highest BCUT2D eigenvalue weighted by Gasteiger charge is 2.11. The average Bonchev–Trinajstić information content (AvgIpc) is 2.64. The summed E-state index contributed by atoms with van der Waals surface area (Å²) >= 11 is 17.1. The van der Waals surface area contributed by atoms with E-state index in [1.54, 1.807) is 12.4 Å². The molecule has 2 rings (SSSR count). The lowest BCUT2D eigenvalue weighted by Gasteiger charge is -2.14. The number of hydrogen-bond donors (Lipinski definition) is 1. The van der Waals surface area contributed by atoms with Gasteiger partial charge in [0.15, 0.2) is 0 Å². The molecule has 6 heteroatoms. The van der Waals surface area contributed by atoms with Crippen LogP contribution in [0.2, 0.25) is 10.0 Å². The quantitative estimate of drug-likeness (QED) is 0.835. The molecule has 1 atom stereocenters. The number of H-pyrrole nitrogens is 1. The molecule has 2 aromatic rings. The maximum atomic E-state index is 6.16. The summed E-state index contributed by atoms with van der Waals surface area (Å²) in [6.07, 6.45) is 1.58. The zero-order valence-corrected chi connectivity index (χ0v) is 11.5. The second kappa shape index (κ2) is 6.36. The minimum atomic E-state index is 0. The van der Waals surface area contributed by atoms with Gasteiger partial charge in [-0.15, -0.1) is 0 Å². The molecule has 3 nitrogen and oxygen atoms in total. The Morgan fingerprint density at radius 3 is 2.72 bits per heavy atom. The lowest BCUT2D eigenvalue weighted by molar-refractivity contribution is 0.536. The van der Waals surface area contributed by atoms with E-state index in [1.807, 2.05) is 16.8 Å². The topological polar surface area (TPSA) is 33.6 Å². The fourth-order valence-corrected chi connectivity index (χ4v) is 2.46. The van der Waals surface area contributed by atoms with Gasteiger partial charge in [0.2, 0.25) is 4.77 Å². The fourth-order valence-electron chi connectivity index (χ4n) is 1.68. The Labute approximate surface area is 122 Å². The first-order valence-corrected chi connectivity index (χ1v) is 6.29. The first kappa shape index (κ1) is 15.2. The predicted molar refractivity (Wildman–Crippen MR) is 79.0 cm³/mol. The number of rotatable bonds is 3. The van der Waals surface area contributed by atoms with Crippen LogP contribution in [-0.4, -0.2) is 14.8 Å². The minimum absolute atomic E-state index is 0. The van der Waals surface area contributed by atoms with E-state index in [2.05, 4.69) is 17.0 Å². The van der Waals surface area contributed by atoms with Gasteiger partial charge in [-0.1, -0.05) is 43.6 Å². The Hall–Kier alpha value is -0.840. The summed E-state index contributed by atoms with van der Waals surface area (Å²) in [5.74, 6) is 0.229. The van der Waals surface area contributed by atoms with Crippen LogP contribution in [0.4, 0.5) is 0 Å². The molecule has 0 saturated heterocycles. The first-order chi connectivity index (χ1) is 8.08. The van der Waals surface area contributed by atoms with Crippen molar-refractivity contribution in [3.05, 3.63) is 44.9 Å². The standard InChI is InChI=1S/C11H11Cl2N3S.CH4/c1-7(5-16-11(17)14-6-15-16)9-3-2-8(12)4-10(9)13;/h2-4,6-7H,5H2,1H3,(H,14,15,17);1H4. The van der Waals surface area contributed by atoms with Gasteiger partial charge >= 0.3 is 0 Å². The second-order valence-electron chi connectivity index (χ2n) is 3.85. The molecule has 1 heterocycles. The number of halogens is 2. The number of benzene rings is 1. The molecule has 0 aliphatic carbocycles. The third-order valence-corrected chi connectivity index (χ3v) is 3.46. The van der Waals surface area contributed by atoms with E-state index in [0.29, 0.717) is 21.4 Å². The van der Waals surface area contributed by atoms with Crippen LogP contribution in [-0.2, 0) is 6.54 Å². The van der Waals surface area contributed by atoms with Gasteiger partial charge < -0.3 is 0 Å². The fraction of sp³-hybridized carbons (Fsp3) is 0.333. The van der Waals surface area contributed by atoms with Crippen molar-refractivity contribution >= 4 is 35.4 Å². The van der Waals surface area contributed by atoms with Crippen LogP contribution in [0.1, 0.15) is 25.8 Å². The minimum Gasteiger partial charge on any atom is -0.286 e. The van der Waals surface area contributed by atoms with Crippen LogP contribution in [0.15, 0.2) is 24.5 Å².